The van der Waals surface area contributed by atoms with E-state index in [9.17, 15) is 8.42 Å². The van der Waals surface area contributed by atoms with Gasteiger partial charge in [0.1, 0.15) is 4.99 Å². The lowest BCUT2D eigenvalue weighted by Gasteiger charge is -2.16. The quantitative estimate of drug-likeness (QED) is 0.792. The molecule has 0 radical (unpaired) electrons. The molecule has 0 aromatic heterocycles. The lowest BCUT2D eigenvalue weighted by atomic mass is 10.1. The molecule has 2 N–H and O–H groups in total. The molecule has 0 aliphatic carbocycles. The molecule has 7 heteroatoms. The average molecular weight is 328 g/mol. The molecule has 0 spiro atoms. The first-order valence-electron chi connectivity index (χ1n) is 6.78. The Morgan fingerprint density at radius 1 is 1.43 bits per heavy atom. The van der Waals surface area contributed by atoms with Crippen molar-refractivity contribution in [2.45, 2.75) is 12.2 Å². The van der Waals surface area contributed by atoms with Crippen molar-refractivity contribution in [1.29, 1.82) is 0 Å². The van der Waals surface area contributed by atoms with Crippen LogP contribution < -0.4 is 5.73 Å². The molecular formula is C14H20N2O3S2. The standard InChI is InChI=1S/C14H20N2O3S2/c1-19-9-12-6-7-16(8-12)21(17,18)10-11-2-4-13(5-3-11)14(15)20/h2-5,12H,6-10H2,1H3,(H2,15,20). The molecule has 0 amide bonds. The van der Waals surface area contributed by atoms with E-state index >= 15 is 0 Å². The molecule has 1 heterocycles. The molecule has 5 nitrogen and oxygen atoms in total. The van der Waals surface area contributed by atoms with Crippen molar-refractivity contribution in [3.05, 3.63) is 35.4 Å². The molecule has 21 heavy (non-hydrogen) atoms. The Morgan fingerprint density at radius 2 is 2.10 bits per heavy atom. The van der Waals surface area contributed by atoms with Gasteiger partial charge in [0, 0.05) is 25.8 Å². The Labute approximate surface area is 131 Å². The highest BCUT2D eigenvalue weighted by atomic mass is 32.2. The number of rotatable bonds is 6. The number of thiocarbonyl (C=S) groups is 1. The van der Waals surface area contributed by atoms with Crippen LogP contribution in [0.3, 0.4) is 0 Å². The summed E-state index contributed by atoms with van der Waals surface area (Å²) in [5.74, 6) is 0.298. The number of nitrogens with zero attached hydrogens (tertiary/aromatic N) is 1. The highest BCUT2D eigenvalue weighted by Crippen LogP contribution is 2.22. The van der Waals surface area contributed by atoms with Gasteiger partial charge in [0.25, 0.3) is 0 Å². The normalized spacial score (nSPS) is 19.8. The Kier molecular flexibility index (Phi) is 5.32. The number of methoxy groups -OCH3 is 1. The predicted octanol–water partition coefficient (Wildman–Crippen LogP) is 1.12. The van der Waals surface area contributed by atoms with Crippen LogP contribution in [0.15, 0.2) is 24.3 Å². The molecule has 2 rings (SSSR count). The fraction of sp³-hybridized carbons (Fsp3) is 0.500. The molecule has 1 atom stereocenters. The smallest absolute Gasteiger partial charge is 0.218 e. The highest BCUT2D eigenvalue weighted by Gasteiger charge is 2.31. The van der Waals surface area contributed by atoms with Crippen molar-refractivity contribution < 1.29 is 13.2 Å². The van der Waals surface area contributed by atoms with Gasteiger partial charge in [0.15, 0.2) is 0 Å². The van der Waals surface area contributed by atoms with E-state index in [0.29, 0.717) is 30.6 Å². The fourth-order valence-electron chi connectivity index (χ4n) is 2.49. The Hall–Kier alpha value is -1.02. The van der Waals surface area contributed by atoms with Crippen LogP contribution >= 0.6 is 12.2 Å². The molecule has 1 saturated heterocycles. The van der Waals surface area contributed by atoms with Crippen LogP contribution in [0.5, 0.6) is 0 Å². The van der Waals surface area contributed by atoms with Gasteiger partial charge >= 0.3 is 0 Å². The Bertz CT molecular complexity index is 599. The molecular weight excluding hydrogens is 308 g/mol. The van der Waals surface area contributed by atoms with E-state index in [1.807, 2.05) is 0 Å². The number of benzene rings is 1. The Balaban J connectivity index is 2.02. The third-order valence-corrected chi connectivity index (χ3v) is 5.68. The second-order valence-corrected chi connectivity index (χ2v) is 7.69. The van der Waals surface area contributed by atoms with Crippen molar-refractivity contribution in [3.8, 4) is 0 Å². The topological polar surface area (TPSA) is 72.6 Å². The number of hydrogen-bond acceptors (Lipinski definition) is 4. The largest absolute Gasteiger partial charge is 0.389 e. The minimum atomic E-state index is -3.28. The maximum atomic E-state index is 12.4. The lowest BCUT2D eigenvalue weighted by Crippen LogP contribution is -2.30. The summed E-state index contributed by atoms with van der Waals surface area (Å²) in [6.45, 7) is 1.72. The number of hydrogen-bond donors (Lipinski definition) is 1. The number of nitrogens with two attached hydrogens (primary N) is 1. The van der Waals surface area contributed by atoms with Gasteiger partial charge in [-0.25, -0.2) is 12.7 Å². The van der Waals surface area contributed by atoms with Gasteiger partial charge < -0.3 is 10.5 Å². The zero-order valence-corrected chi connectivity index (χ0v) is 13.6. The SMILES string of the molecule is COCC1CCN(S(=O)(=O)Cc2ccc(C(N)=S)cc2)C1. The van der Waals surface area contributed by atoms with Gasteiger partial charge in [0.2, 0.25) is 10.0 Å². The van der Waals surface area contributed by atoms with Crippen molar-refractivity contribution in [3.63, 3.8) is 0 Å². The van der Waals surface area contributed by atoms with E-state index in [0.717, 1.165) is 17.5 Å². The summed E-state index contributed by atoms with van der Waals surface area (Å²) in [6.07, 6.45) is 0.855. The van der Waals surface area contributed by atoms with Crippen LogP contribution in [0.2, 0.25) is 0 Å². The first-order valence-corrected chi connectivity index (χ1v) is 8.79. The van der Waals surface area contributed by atoms with Crippen molar-refractivity contribution in [2.24, 2.45) is 11.7 Å². The van der Waals surface area contributed by atoms with E-state index in [1.165, 1.54) is 0 Å². The van der Waals surface area contributed by atoms with E-state index in [2.05, 4.69) is 0 Å². The molecule has 1 aromatic carbocycles. The second-order valence-electron chi connectivity index (χ2n) is 5.29. The maximum Gasteiger partial charge on any atom is 0.218 e. The van der Waals surface area contributed by atoms with Gasteiger partial charge in [0.05, 0.1) is 12.4 Å². The van der Waals surface area contributed by atoms with Crippen molar-refractivity contribution in [1.82, 2.24) is 4.31 Å². The molecule has 1 aliphatic heterocycles. The third kappa shape index (κ3) is 4.23. The molecule has 0 bridgehead atoms. The number of sulfonamides is 1. The first kappa shape index (κ1) is 16.4. The highest BCUT2D eigenvalue weighted by molar-refractivity contribution is 7.88. The Morgan fingerprint density at radius 3 is 2.67 bits per heavy atom. The van der Waals surface area contributed by atoms with Crippen LogP contribution in [0.4, 0.5) is 0 Å². The van der Waals surface area contributed by atoms with E-state index in [4.69, 9.17) is 22.7 Å². The van der Waals surface area contributed by atoms with E-state index in [-0.39, 0.29) is 5.75 Å². The summed E-state index contributed by atoms with van der Waals surface area (Å²) in [7, 11) is -1.64. The molecule has 1 unspecified atom stereocenters. The summed E-state index contributed by atoms with van der Waals surface area (Å²) in [5, 5.41) is 0. The summed E-state index contributed by atoms with van der Waals surface area (Å²) >= 11 is 4.88. The molecule has 1 aromatic rings. The van der Waals surface area contributed by atoms with Crippen LogP contribution in [-0.4, -0.2) is 44.5 Å². The minimum absolute atomic E-state index is 0.00428. The van der Waals surface area contributed by atoms with Gasteiger partial charge in [-0.2, -0.15) is 0 Å². The van der Waals surface area contributed by atoms with Crippen LogP contribution in [0.1, 0.15) is 17.5 Å². The van der Waals surface area contributed by atoms with Crippen LogP contribution in [0, 0.1) is 5.92 Å². The van der Waals surface area contributed by atoms with Crippen molar-refractivity contribution >= 4 is 27.2 Å². The lowest BCUT2D eigenvalue weighted by molar-refractivity contribution is 0.157. The summed E-state index contributed by atoms with van der Waals surface area (Å²) in [5.41, 5.74) is 7.01. The molecule has 116 valence electrons. The first-order chi connectivity index (χ1) is 9.92. The molecule has 1 fully saturated rings. The summed E-state index contributed by atoms with van der Waals surface area (Å²) in [6, 6.07) is 7.03. The van der Waals surface area contributed by atoms with E-state index in [1.54, 1.807) is 35.7 Å². The predicted molar refractivity (Wildman–Crippen MR) is 86.5 cm³/mol. The third-order valence-electron chi connectivity index (χ3n) is 3.63. The van der Waals surface area contributed by atoms with Crippen molar-refractivity contribution in [2.75, 3.05) is 26.8 Å². The molecule has 0 saturated carbocycles. The summed E-state index contributed by atoms with van der Waals surface area (Å²) in [4.78, 5) is 0.311. The van der Waals surface area contributed by atoms with Gasteiger partial charge in [-0.05, 0) is 17.9 Å². The minimum Gasteiger partial charge on any atom is -0.389 e. The number of ether oxygens (including phenoxy) is 1. The monoisotopic (exact) mass is 328 g/mol. The average Bonchev–Trinajstić information content (AvgIpc) is 2.89. The second kappa shape index (κ2) is 6.83. The van der Waals surface area contributed by atoms with E-state index < -0.39 is 10.0 Å². The molecule has 1 aliphatic rings. The van der Waals surface area contributed by atoms with Crippen LogP contribution in [-0.2, 0) is 20.5 Å². The zero-order valence-electron chi connectivity index (χ0n) is 12.0. The van der Waals surface area contributed by atoms with Gasteiger partial charge in [-0.1, -0.05) is 36.5 Å². The maximum absolute atomic E-state index is 12.4. The fourth-order valence-corrected chi connectivity index (χ4v) is 4.24. The summed E-state index contributed by atoms with van der Waals surface area (Å²) < 4.78 is 31.5. The van der Waals surface area contributed by atoms with Crippen LogP contribution in [0.25, 0.3) is 0 Å². The van der Waals surface area contributed by atoms with Gasteiger partial charge in [-0.3, -0.25) is 0 Å². The zero-order chi connectivity index (χ0) is 15.5. The van der Waals surface area contributed by atoms with Gasteiger partial charge in [-0.15, -0.1) is 0 Å².